The number of anilines is 1. The molecule has 0 aliphatic carbocycles. The molecule has 3 aromatic rings. The fourth-order valence-electron chi connectivity index (χ4n) is 3.97. The standard InChI is InChI=1S/C30H35BrFN3O5S/c1-5-21(3)33-30(37)22(4)34(19-23-7-9-24(31)10-8-23)29(36)20-35(26-13-11-25(32)12-14-26)41(38,39)28-17-15-27(16-18-28)40-6-2/h7-18,21-22H,5-6,19-20H2,1-4H3,(H,33,37)/t21-,22+/m1/s1. The number of benzene rings is 3. The third kappa shape index (κ3) is 8.53. The Balaban J connectivity index is 2.01. The molecule has 220 valence electrons. The molecule has 0 bridgehead atoms. The molecule has 0 saturated heterocycles. The summed E-state index contributed by atoms with van der Waals surface area (Å²) in [5, 5.41) is 2.90. The van der Waals surface area contributed by atoms with Gasteiger partial charge in [0.25, 0.3) is 10.0 Å². The Morgan fingerprint density at radius 2 is 1.56 bits per heavy atom. The fraction of sp³-hybridized carbons (Fsp3) is 0.333. The van der Waals surface area contributed by atoms with Crippen LogP contribution in [-0.4, -0.2) is 50.4 Å². The molecule has 0 aliphatic heterocycles. The van der Waals surface area contributed by atoms with Crippen molar-refractivity contribution in [3.63, 3.8) is 0 Å². The van der Waals surface area contributed by atoms with Crippen LogP contribution in [0.1, 0.15) is 39.7 Å². The lowest BCUT2D eigenvalue weighted by Gasteiger charge is -2.32. The van der Waals surface area contributed by atoms with E-state index in [-0.39, 0.29) is 29.1 Å². The monoisotopic (exact) mass is 647 g/mol. The smallest absolute Gasteiger partial charge is 0.264 e. The van der Waals surface area contributed by atoms with Gasteiger partial charge in [0.15, 0.2) is 0 Å². The molecule has 3 aromatic carbocycles. The van der Waals surface area contributed by atoms with E-state index in [1.807, 2.05) is 45.0 Å². The first-order valence-corrected chi connectivity index (χ1v) is 15.5. The number of hydrogen-bond donors (Lipinski definition) is 1. The molecule has 0 spiro atoms. The van der Waals surface area contributed by atoms with Crippen molar-refractivity contribution in [2.75, 3.05) is 17.5 Å². The summed E-state index contributed by atoms with van der Waals surface area (Å²) >= 11 is 3.40. The van der Waals surface area contributed by atoms with Gasteiger partial charge in [0.2, 0.25) is 11.8 Å². The SMILES string of the molecule is CCOc1ccc(S(=O)(=O)N(CC(=O)N(Cc2ccc(Br)cc2)[C@@H](C)C(=O)N[C@H](C)CC)c2ccc(F)cc2)cc1. The van der Waals surface area contributed by atoms with E-state index >= 15 is 0 Å². The van der Waals surface area contributed by atoms with Gasteiger partial charge in [-0.15, -0.1) is 0 Å². The zero-order valence-corrected chi connectivity index (χ0v) is 25.9. The van der Waals surface area contributed by atoms with E-state index in [4.69, 9.17) is 4.74 Å². The first-order valence-electron chi connectivity index (χ1n) is 13.3. The number of hydrogen-bond acceptors (Lipinski definition) is 5. The van der Waals surface area contributed by atoms with Crippen molar-refractivity contribution in [1.29, 1.82) is 0 Å². The van der Waals surface area contributed by atoms with Gasteiger partial charge in [-0.2, -0.15) is 0 Å². The van der Waals surface area contributed by atoms with Crippen molar-refractivity contribution in [2.24, 2.45) is 0 Å². The number of carbonyl (C=O) groups is 2. The van der Waals surface area contributed by atoms with Gasteiger partial charge in [0, 0.05) is 17.1 Å². The highest BCUT2D eigenvalue weighted by atomic mass is 79.9. The number of rotatable bonds is 13. The number of nitrogens with zero attached hydrogens (tertiary/aromatic N) is 2. The number of sulfonamides is 1. The molecule has 8 nitrogen and oxygen atoms in total. The van der Waals surface area contributed by atoms with Crippen molar-refractivity contribution in [3.8, 4) is 5.75 Å². The van der Waals surface area contributed by atoms with Crippen LogP contribution in [0.3, 0.4) is 0 Å². The second-order valence-electron chi connectivity index (χ2n) is 9.53. The van der Waals surface area contributed by atoms with Crippen LogP contribution in [0.4, 0.5) is 10.1 Å². The highest BCUT2D eigenvalue weighted by molar-refractivity contribution is 9.10. The average Bonchev–Trinajstić information content (AvgIpc) is 2.96. The van der Waals surface area contributed by atoms with E-state index in [0.29, 0.717) is 18.8 Å². The number of amides is 2. The van der Waals surface area contributed by atoms with Crippen LogP contribution >= 0.6 is 15.9 Å². The fourth-order valence-corrected chi connectivity index (χ4v) is 5.65. The van der Waals surface area contributed by atoms with E-state index in [1.165, 1.54) is 41.3 Å². The summed E-state index contributed by atoms with van der Waals surface area (Å²) in [6.45, 7) is 7.10. The Morgan fingerprint density at radius 3 is 2.12 bits per heavy atom. The van der Waals surface area contributed by atoms with Crippen LogP contribution in [0.15, 0.2) is 82.2 Å². The Labute approximate surface area is 249 Å². The van der Waals surface area contributed by atoms with Gasteiger partial charge in [-0.3, -0.25) is 13.9 Å². The number of carbonyl (C=O) groups excluding carboxylic acids is 2. The number of ether oxygens (including phenoxy) is 1. The van der Waals surface area contributed by atoms with Crippen LogP contribution in [0.5, 0.6) is 5.75 Å². The van der Waals surface area contributed by atoms with Gasteiger partial charge >= 0.3 is 0 Å². The summed E-state index contributed by atoms with van der Waals surface area (Å²) in [5.74, 6) is -1.01. The maximum atomic E-state index is 13.9. The Morgan fingerprint density at radius 1 is 0.951 bits per heavy atom. The largest absolute Gasteiger partial charge is 0.494 e. The predicted molar refractivity (Wildman–Crippen MR) is 161 cm³/mol. The zero-order valence-electron chi connectivity index (χ0n) is 23.5. The Hall–Kier alpha value is -3.44. The molecule has 41 heavy (non-hydrogen) atoms. The van der Waals surface area contributed by atoms with E-state index in [9.17, 15) is 22.4 Å². The summed E-state index contributed by atoms with van der Waals surface area (Å²) < 4.78 is 48.7. The summed E-state index contributed by atoms with van der Waals surface area (Å²) in [5.41, 5.74) is 0.862. The molecule has 0 radical (unpaired) electrons. The van der Waals surface area contributed by atoms with E-state index in [0.717, 1.165) is 26.5 Å². The molecular formula is C30H35BrFN3O5S. The Bertz CT molecular complexity index is 1420. The van der Waals surface area contributed by atoms with Gasteiger partial charge in [-0.1, -0.05) is 35.0 Å². The molecule has 0 fully saturated rings. The Kier molecular flexibility index (Phi) is 11.3. The lowest BCUT2D eigenvalue weighted by atomic mass is 10.1. The second-order valence-corrected chi connectivity index (χ2v) is 12.3. The van der Waals surface area contributed by atoms with E-state index in [1.54, 1.807) is 6.92 Å². The van der Waals surface area contributed by atoms with Crippen molar-refractivity contribution in [3.05, 3.63) is 88.6 Å². The van der Waals surface area contributed by atoms with Crippen LogP contribution in [0, 0.1) is 5.82 Å². The van der Waals surface area contributed by atoms with Crippen molar-refractivity contribution in [1.82, 2.24) is 10.2 Å². The summed E-state index contributed by atoms with van der Waals surface area (Å²) in [6, 6.07) is 17.0. The van der Waals surface area contributed by atoms with Crippen LogP contribution in [-0.2, 0) is 26.2 Å². The third-order valence-electron chi connectivity index (χ3n) is 6.55. The summed E-state index contributed by atoms with van der Waals surface area (Å²) in [7, 11) is -4.27. The average molecular weight is 649 g/mol. The second kappa shape index (κ2) is 14.5. The van der Waals surface area contributed by atoms with Crippen molar-refractivity contribution >= 4 is 43.5 Å². The minimum Gasteiger partial charge on any atom is -0.494 e. The van der Waals surface area contributed by atoms with Gasteiger partial charge in [0.1, 0.15) is 24.2 Å². The molecule has 0 aromatic heterocycles. The molecule has 3 rings (SSSR count). The molecule has 0 saturated carbocycles. The zero-order chi connectivity index (χ0) is 30.2. The van der Waals surface area contributed by atoms with Crippen molar-refractivity contribution < 1.29 is 27.1 Å². The van der Waals surface area contributed by atoms with Crippen LogP contribution in [0.25, 0.3) is 0 Å². The molecule has 2 amide bonds. The first-order chi connectivity index (χ1) is 19.5. The molecule has 0 aliphatic rings. The highest BCUT2D eigenvalue weighted by Crippen LogP contribution is 2.26. The molecule has 0 unspecified atom stereocenters. The third-order valence-corrected chi connectivity index (χ3v) is 8.87. The maximum absolute atomic E-state index is 13.9. The quantitative estimate of drug-likeness (QED) is 0.264. The summed E-state index contributed by atoms with van der Waals surface area (Å²) in [4.78, 5) is 28.3. The first kappa shape index (κ1) is 32.1. The van der Waals surface area contributed by atoms with Crippen molar-refractivity contribution in [2.45, 2.75) is 57.6 Å². The summed E-state index contributed by atoms with van der Waals surface area (Å²) in [6.07, 6.45) is 0.706. The van der Waals surface area contributed by atoms with Gasteiger partial charge < -0.3 is 15.0 Å². The van der Waals surface area contributed by atoms with E-state index < -0.39 is 34.3 Å². The highest BCUT2D eigenvalue weighted by Gasteiger charge is 2.33. The molecular weight excluding hydrogens is 613 g/mol. The topological polar surface area (TPSA) is 96.0 Å². The number of halogens is 2. The minimum atomic E-state index is -4.27. The minimum absolute atomic E-state index is 0.0694. The van der Waals surface area contributed by atoms with Gasteiger partial charge in [-0.05, 0) is 93.4 Å². The maximum Gasteiger partial charge on any atom is 0.264 e. The lowest BCUT2D eigenvalue weighted by molar-refractivity contribution is -0.139. The molecule has 11 heteroatoms. The predicted octanol–water partition coefficient (Wildman–Crippen LogP) is 5.51. The normalized spacial score (nSPS) is 12.7. The van der Waals surface area contributed by atoms with E-state index in [2.05, 4.69) is 21.2 Å². The molecule has 0 heterocycles. The van der Waals surface area contributed by atoms with Crippen LogP contribution in [0.2, 0.25) is 0 Å². The lowest BCUT2D eigenvalue weighted by Crippen LogP contribution is -2.52. The van der Waals surface area contributed by atoms with Gasteiger partial charge in [0.05, 0.1) is 17.2 Å². The number of nitrogens with one attached hydrogen (secondary N) is 1. The molecule has 1 N–H and O–H groups in total. The van der Waals surface area contributed by atoms with Gasteiger partial charge in [-0.25, -0.2) is 12.8 Å². The van der Waals surface area contributed by atoms with Crippen LogP contribution < -0.4 is 14.4 Å². The molecule has 2 atom stereocenters.